The molecule has 0 amide bonds. The van der Waals surface area contributed by atoms with Crippen LogP contribution in [0.2, 0.25) is 5.02 Å². The summed E-state index contributed by atoms with van der Waals surface area (Å²) in [7, 11) is 0. The highest BCUT2D eigenvalue weighted by Crippen LogP contribution is 2.16. The van der Waals surface area contributed by atoms with Gasteiger partial charge in [-0.15, -0.1) is 0 Å². The maximum Gasteiger partial charge on any atom is 0.148 e. The van der Waals surface area contributed by atoms with E-state index in [0.717, 1.165) is 5.69 Å². The van der Waals surface area contributed by atoms with Gasteiger partial charge in [0.15, 0.2) is 0 Å². The Hall–Kier alpha value is -2.07. The maximum absolute atomic E-state index is 7.95. The number of rotatable bonds is 4. The molecule has 2 rings (SSSR count). The summed E-state index contributed by atoms with van der Waals surface area (Å²) in [5, 5.41) is 11.5. The lowest BCUT2D eigenvalue weighted by Crippen LogP contribution is -2.13. The Morgan fingerprint density at radius 1 is 1.37 bits per heavy atom. The minimum atomic E-state index is 0.213. The zero-order valence-electron chi connectivity index (χ0n) is 10.5. The van der Waals surface area contributed by atoms with Gasteiger partial charge in [-0.3, -0.25) is 5.41 Å². The van der Waals surface area contributed by atoms with Gasteiger partial charge in [0, 0.05) is 10.7 Å². The minimum absolute atomic E-state index is 0.213. The number of halogens is 1. The second-order valence-corrected chi connectivity index (χ2v) is 4.26. The average molecular weight is 276 g/mol. The quantitative estimate of drug-likeness (QED) is 0.662. The molecule has 2 aromatic rings. The van der Waals surface area contributed by atoms with E-state index in [1.807, 2.05) is 19.1 Å². The Morgan fingerprint density at radius 2 is 2.21 bits per heavy atom. The molecular formula is C14H14ClN3O. The molecule has 0 aliphatic rings. The summed E-state index contributed by atoms with van der Waals surface area (Å²) < 4.78 is 5.30. The second-order valence-electron chi connectivity index (χ2n) is 3.82. The van der Waals surface area contributed by atoms with Crippen molar-refractivity contribution in [2.75, 3.05) is 11.9 Å². The Kier molecular flexibility index (Phi) is 4.36. The zero-order valence-corrected chi connectivity index (χ0v) is 11.2. The summed E-state index contributed by atoms with van der Waals surface area (Å²) in [4.78, 5) is 4.17. The van der Waals surface area contributed by atoms with Gasteiger partial charge in [-0.2, -0.15) is 0 Å². The molecule has 0 saturated heterocycles. The number of pyridine rings is 1. The van der Waals surface area contributed by atoms with Crippen LogP contribution >= 0.6 is 11.6 Å². The van der Waals surface area contributed by atoms with Crippen LogP contribution in [0, 0.1) is 5.41 Å². The van der Waals surface area contributed by atoms with Crippen LogP contribution in [0.4, 0.5) is 5.69 Å². The number of aromatic nitrogens is 1. The molecule has 19 heavy (non-hydrogen) atoms. The first-order valence-corrected chi connectivity index (χ1v) is 6.27. The third kappa shape index (κ3) is 3.69. The Bertz CT molecular complexity index is 569. The van der Waals surface area contributed by atoms with Gasteiger partial charge in [0.2, 0.25) is 0 Å². The molecule has 1 aromatic carbocycles. The smallest absolute Gasteiger partial charge is 0.148 e. The van der Waals surface area contributed by atoms with E-state index < -0.39 is 0 Å². The van der Waals surface area contributed by atoms with Crippen LogP contribution in [-0.2, 0) is 0 Å². The second kappa shape index (κ2) is 6.20. The van der Waals surface area contributed by atoms with Crippen molar-refractivity contribution in [3.63, 3.8) is 0 Å². The van der Waals surface area contributed by atoms with E-state index in [2.05, 4.69) is 10.3 Å². The molecule has 0 spiro atoms. The summed E-state index contributed by atoms with van der Waals surface area (Å²) in [5.74, 6) is 0.909. The lowest BCUT2D eigenvalue weighted by Gasteiger charge is -2.08. The summed E-state index contributed by atoms with van der Waals surface area (Å²) in [6.45, 7) is 2.51. The van der Waals surface area contributed by atoms with Gasteiger partial charge >= 0.3 is 0 Å². The number of benzene rings is 1. The summed E-state index contributed by atoms with van der Waals surface area (Å²) >= 11 is 5.89. The van der Waals surface area contributed by atoms with E-state index in [4.69, 9.17) is 21.7 Å². The molecule has 0 saturated carbocycles. The summed E-state index contributed by atoms with van der Waals surface area (Å²) in [6.07, 6.45) is 1.60. The summed E-state index contributed by atoms with van der Waals surface area (Å²) in [5.41, 5.74) is 1.30. The maximum atomic E-state index is 7.95. The third-order valence-corrected chi connectivity index (χ3v) is 2.63. The normalized spacial score (nSPS) is 10.0. The molecule has 0 aliphatic carbocycles. The number of anilines is 1. The summed E-state index contributed by atoms with van der Waals surface area (Å²) in [6, 6.07) is 10.7. The molecule has 1 aromatic heterocycles. The van der Waals surface area contributed by atoms with Gasteiger partial charge in [-0.05, 0) is 37.3 Å². The Morgan fingerprint density at radius 3 is 2.84 bits per heavy atom. The van der Waals surface area contributed by atoms with Crippen molar-refractivity contribution in [3.05, 3.63) is 53.3 Å². The van der Waals surface area contributed by atoms with Gasteiger partial charge in [-0.1, -0.05) is 17.7 Å². The molecule has 1 heterocycles. The molecule has 0 unspecified atom stereocenters. The molecular weight excluding hydrogens is 262 g/mol. The van der Waals surface area contributed by atoms with E-state index in [-0.39, 0.29) is 5.84 Å². The van der Waals surface area contributed by atoms with E-state index >= 15 is 0 Å². The molecule has 0 atom stereocenters. The topological polar surface area (TPSA) is 58.0 Å². The number of hydrogen-bond acceptors (Lipinski definition) is 3. The highest BCUT2D eigenvalue weighted by atomic mass is 35.5. The standard InChI is InChI=1S/C14H14ClN3O/c1-2-19-12-6-7-13(17-9-12)14(16)18-11-5-3-4-10(15)8-11/h3-9H,2H2,1H3,(H2,16,18). The van der Waals surface area contributed by atoms with Crippen LogP contribution in [0.25, 0.3) is 0 Å². The molecule has 0 bridgehead atoms. The first kappa shape index (κ1) is 13.4. The van der Waals surface area contributed by atoms with Crippen LogP contribution in [-0.4, -0.2) is 17.4 Å². The van der Waals surface area contributed by atoms with Crippen LogP contribution in [0.3, 0.4) is 0 Å². The zero-order chi connectivity index (χ0) is 13.7. The number of hydrogen-bond donors (Lipinski definition) is 2. The molecule has 2 N–H and O–H groups in total. The highest BCUT2D eigenvalue weighted by molar-refractivity contribution is 6.30. The molecule has 0 fully saturated rings. The predicted molar refractivity (Wildman–Crippen MR) is 77.3 cm³/mol. The van der Waals surface area contributed by atoms with Gasteiger partial charge < -0.3 is 10.1 Å². The van der Waals surface area contributed by atoms with E-state index in [1.54, 1.807) is 30.5 Å². The third-order valence-electron chi connectivity index (χ3n) is 2.40. The van der Waals surface area contributed by atoms with Crippen molar-refractivity contribution in [1.82, 2.24) is 4.98 Å². The van der Waals surface area contributed by atoms with Gasteiger partial charge in [0.05, 0.1) is 12.8 Å². The van der Waals surface area contributed by atoms with E-state index in [9.17, 15) is 0 Å². The number of nitrogens with zero attached hydrogens (tertiary/aromatic N) is 1. The predicted octanol–water partition coefficient (Wildman–Crippen LogP) is 3.57. The van der Waals surface area contributed by atoms with Crippen molar-refractivity contribution in [2.45, 2.75) is 6.92 Å². The van der Waals surface area contributed by atoms with Crippen molar-refractivity contribution in [3.8, 4) is 5.75 Å². The van der Waals surface area contributed by atoms with E-state index in [1.165, 1.54) is 0 Å². The lowest BCUT2D eigenvalue weighted by molar-refractivity contribution is 0.339. The largest absolute Gasteiger partial charge is 0.492 e. The molecule has 0 radical (unpaired) electrons. The highest BCUT2D eigenvalue weighted by Gasteiger charge is 2.04. The fraction of sp³-hybridized carbons (Fsp3) is 0.143. The number of nitrogens with one attached hydrogen (secondary N) is 2. The fourth-order valence-corrected chi connectivity index (χ4v) is 1.75. The monoisotopic (exact) mass is 275 g/mol. The van der Waals surface area contributed by atoms with Gasteiger partial charge in [-0.25, -0.2) is 4.98 Å². The van der Waals surface area contributed by atoms with Crippen molar-refractivity contribution >= 4 is 23.1 Å². The Balaban J connectivity index is 2.07. The fourth-order valence-electron chi connectivity index (χ4n) is 1.55. The van der Waals surface area contributed by atoms with Crippen LogP contribution in [0.5, 0.6) is 5.75 Å². The molecule has 4 nitrogen and oxygen atoms in total. The van der Waals surface area contributed by atoms with E-state index in [0.29, 0.717) is 23.1 Å². The SMILES string of the molecule is CCOc1ccc(C(=N)Nc2cccc(Cl)c2)nc1. The number of ether oxygens (including phenoxy) is 1. The average Bonchev–Trinajstić information content (AvgIpc) is 2.40. The Labute approximate surface area is 116 Å². The molecule has 98 valence electrons. The van der Waals surface area contributed by atoms with Crippen LogP contribution < -0.4 is 10.1 Å². The van der Waals surface area contributed by atoms with Crippen molar-refractivity contribution in [2.24, 2.45) is 0 Å². The van der Waals surface area contributed by atoms with Gasteiger partial charge in [0.1, 0.15) is 17.3 Å². The molecule has 0 aliphatic heterocycles. The van der Waals surface area contributed by atoms with Crippen LogP contribution in [0.1, 0.15) is 12.6 Å². The van der Waals surface area contributed by atoms with Crippen molar-refractivity contribution in [1.29, 1.82) is 5.41 Å². The first-order valence-electron chi connectivity index (χ1n) is 5.89. The first-order chi connectivity index (χ1) is 9.19. The van der Waals surface area contributed by atoms with Gasteiger partial charge in [0.25, 0.3) is 0 Å². The molecule has 5 heteroatoms. The number of amidine groups is 1. The lowest BCUT2D eigenvalue weighted by atomic mass is 10.3. The van der Waals surface area contributed by atoms with Crippen LogP contribution in [0.15, 0.2) is 42.6 Å². The minimum Gasteiger partial charge on any atom is -0.492 e. The van der Waals surface area contributed by atoms with Crippen molar-refractivity contribution < 1.29 is 4.74 Å².